The predicted molar refractivity (Wildman–Crippen MR) is 84.3 cm³/mol. The molecule has 0 amide bonds. The van der Waals surface area contributed by atoms with Gasteiger partial charge in [0.25, 0.3) is 0 Å². The number of fused-ring (bicyclic) bond motifs is 1. The molecule has 5 aliphatic rings. The Kier molecular flexibility index (Phi) is 3.85. The quantitative estimate of drug-likeness (QED) is 0.427. The molecule has 7 nitrogen and oxygen atoms in total. The van der Waals surface area contributed by atoms with Crippen molar-refractivity contribution < 1.29 is 33.3 Å². The second-order valence-corrected chi connectivity index (χ2v) is 8.05. The second kappa shape index (κ2) is 5.61. The van der Waals surface area contributed by atoms with Gasteiger partial charge in [-0.05, 0) is 5.57 Å². The number of hydrogen-bond acceptors (Lipinski definition) is 7. The monoisotopic (exact) mass is 352 g/mol. The number of carbonyl (C=O) groups excluding carboxylic acids is 2. The number of ether oxygens (including phenoxy) is 5. The number of methoxy groups -OCH3 is 2. The van der Waals surface area contributed by atoms with E-state index in [4.69, 9.17) is 23.7 Å². The Morgan fingerprint density at radius 1 is 1.12 bits per heavy atom. The maximum atomic E-state index is 13.0. The lowest BCUT2D eigenvalue weighted by Gasteiger charge is -2.53. The van der Waals surface area contributed by atoms with Gasteiger partial charge in [0, 0.05) is 31.5 Å². The molecule has 0 spiro atoms. The van der Waals surface area contributed by atoms with E-state index in [0.717, 1.165) is 5.57 Å². The van der Waals surface area contributed by atoms with Gasteiger partial charge in [0.2, 0.25) is 5.79 Å². The van der Waals surface area contributed by atoms with E-state index in [-0.39, 0.29) is 29.5 Å². The largest absolute Gasteiger partial charge is 0.461 e. The summed E-state index contributed by atoms with van der Waals surface area (Å²) in [6, 6.07) is 0. The highest BCUT2D eigenvalue weighted by Gasteiger charge is 2.68. The van der Waals surface area contributed by atoms with Crippen molar-refractivity contribution >= 4 is 11.8 Å². The van der Waals surface area contributed by atoms with Gasteiger partial charge in [0.05, 0.1) is 25.6 Å². The predicted octanol–water partition coefficient (Wildman–Crippen LogP) is 1.06. The molecule has 3 aliphatic carbocycles. The number of Topliss-reactive ketones (excluding diaryl/α,β-unsaturated/α-hetero) is 1. The standard InChI is InChI=1S/C18H24O7/c1-17(2)7-23-16(24-8-17)11-5-10-9-6-12(19)25-14(9)13(11)18(21-3,22-4)15(10)20/h5,9-10,13-14,16H,6-8H2,1-4H3/t9-,10+,13-,14-/m0/s1. The Morgan fingerprint density at radius 2 is 1.76 bits per heavy atom. The van der Waals surface area contributed by atoms with E-state index in [0.29, 0.717) is 13.2 Å². The van der Waals surface area contributed by atoms with E-state index < -0.39 is 30.0 Å². The Labute approximate surface area is 146 Å². The molecule has 4 atom stereocenters. The average Bonchev–Trinajstić information content (AvgIpc) is 2.97. The van der Waals surface area contributed by atoms with Gasteiger partial charge in [-0.15, -0.1) is 0 Å². The Balaban J connectivity index is 1.73. The van der Waals surface area contributed by atoms with Gasteiger partial charge in [-0.25, -0.2) is 0 Å². The summed E-state index contributed by atoms with van der Waals surface area (Å²) in [5.74, 6) is -3.17. The van der Waals surface area contributed by atoms with Crippen LogP contribution in [-0.4, -0.2) is 57.4 Å². The molecule has 138 valence electrons. The highest BCUT2D eigenvalue weighted by atomic mass is 16.7. The molecule has 7 heteroatoms. The van der Waals surface area contributed by atoms with Crippen LogP contribution < -0.4 is 0 Å². The van der Waals surface area contributed by atoms with Crippen molar-refractivity contribution in [2.24, 2.45) is 23.2 Å². The molecule has 2 aliphatic heterocycles. The van der Waals surface area contributed by atoms with Crippen LogP contribution in [0.15, 0.2) is 11.6 Å². The van der Waals surface area contributed by atoms with Gasteiger partial charge in [0.1, 0.15) is 6.10 Å². The summed E-state index contributed by atoms with van der Waals surface area (Å²) in [6.07, 6.45) is 1.08. The van der Waals surface area contributed by atoms with E-state index in [1.54, 1.807) is 0 Å². The lowest BCUT2D eigenvalue weighted by molar-refractivity contribution is -0.269. The molecular weight excluding hydrogens is 328 g/mol. The smallest absolute Gasteiger partial charge is 0.306 e. The summed E-state index contributed by atoms with van der Waals surface area (Å²) < 4.78 is 28.5. The Hall–Kier alpha value is -1.28. The molecule has 2 heterocycles. The summed E-state index contributed by atoms with van der Waals surface area (Å²) in [5, 5.41) is 0. The molecule has 1 saturated carbocycles. The highest BCUT2D eigenvalue weighted by molar-refractivity contribution is 5.94. The van der Waals surface area contributed by atoms with E-state index >= 15 is 0 Å². The minimum absolute atomic E-state index is 0.0669. The first-order chi connectivity index (χ1) is 11.8. The summed E-state index contributed by atoms with van der Waals surface area (Å²) >= 11 is 0. The topological polar surface area (TPSA) is 80.3 Å². The van der Waals surface area contributed by atoms with Crippen molar-refractivity contribution in [2.75, 3.05) is 27.4 Å². The van der Waals surface area contributed by atoms with Gasteiger partial charge in [-0.2, -0.15) is 0 Å². The van der Waals surface area contributed by atoms with Crippen LogP contribution in [0.2, 0.25) is 0 Å². The minimum Gasteiger partial charge on any atom is -0.461 e. The number of allylic oxidation sites excluding steroid dienone is 1. The van der Waals surface area contributed by atoms with Gasteiger partial charge < -0.3 is 23.7 Å². The van der Waals surface area contributed by atoms with E-state index in [1.165, 1.54) is 14.2 Å². The average molecular weight is 352 g/mol. The fourth-order valence-corrected chi connectivity index (χ4v) is 4.61. The lowest BCUT2D eigenvalue weighted by atomic mass is 9.59. The molecule has 0 radical (unpaired) electrons. The van der Waals surface area contributed by atoms with Crippen LogP contribution in [0.25, 0.3) is 0 Å². The first kappa shape index (κ1) is 17.1. The van der Waals surface area contributed by atoms with Crippen molar-refractivity contribution in [2.45, 2.75) is 38.4 Å². The molecular formula is C18H24O7. The van der Waals surface area contributed by atoms with Crippen LogP contribution >= 0.6 is 0 Å². The van der Waals surface area contributed by atoms with Crippen LogP contribution in [0.4, 0.5) is 0 Å². The van der Waals surface area contributed by atoms with Crippen molar-refractivity contribution in [3.8, 4) is 0 Å². The third-order valence-electron chi connectivity index (χ3n) is 5.80. The van der Waals surface area contributed by atoms with Gasteiger partial charge >= 0.3 is 5.97 Å². The Bertz CT molecular complexity index is 623. The molecule has 2 bridgehead atoms. The SMILES string of the molecule is COC1(OC)C(=O)[C@@H]2C=C(C3OCC(C)(C)CO3)[C@H]1[C@H]1OC(=O)C[C@H]12. The molecule has 25 heavy (non-hydrogen) atoms. The molecule has 3 fully saturated rings. The second-order valence-electron chi connectivity index (χ2n) is 8.05. The van der Waals surface area contributed by atoms with E-state index in [9.17, 15) is 9.59 Å². The van der Waals surface area contributed by atoms with Crippen LogP contribution in [0.5, 0.6) is 0 Å². The molecule has 0 aromatic carbocycles. The molecule has 0 unspecified atom stereocenters. The zero-order chi connectivity index (χ0) is 18.0. The number of ketones is 1. The normalized spacial score (nSPS) is 39.1. The zero-order valence-corrected chi connectivity index (χ0v) is 14.9. The maximum Gasteiger partial charge on any atom is 0.306 e. The molecule has 0 N–H and O–H groups in total. The van der Waals surface area contributed by atoms with E-state index in [2.05, 4.69) is 13.8 Å². The fraction of sp³-hybridized carbons (Fsp3) is 0.778. The first-order valence-corrected chi connectivity index (χ1v) is 8.62. The third-order valence-corrected chi connectivity index (χ3v) is 5.80. The van der Waals surface area contributed by atoms with Crippen LogP contribution in [0.1, 0.15) is 20.3 Å². The van der Waals surface area contributed by atoms with Crippen molar-refractivity contribution in [1.82, 2.24) is 0 Å². The number of hydrogen-bond donors (Lipinski definition) is 0. The van der Waals surface area contributed by atoms with Crippen LogP contribution in [0, 0.1) is 23.2 Å². The summed E-state index contributed by atoms with van der Waals surface area (Å²) in [4.78, 5) is 24.9. The fourth-order valence-electron chi connectivity index (χ4n) is 4.61. The Morgan fingerprint density at radius 3 is 2.36 bits per heavy atom. The van der Waals surface area contributed by atoms with Gasteiger partial charge in [-0.1, -0.05) is 19.9 Å². The van der Waals surface area contributed by atoms with Gasteiger partial charge in [-0.3, -0.25) is 9.59 Å². The summed E-state index contributed by atoms with van der Waals surface area (Å²) in [6.45, 7) is 5.22. The maximum absolute atomic E-state index is 13.0. The highest BCUT2D eigenvalue weighted by Crippen LogP contribution is 2.55. The third kappa shape index (κ3) is 2.33. The minimum atomic E-state index is -1.47. The number of esters is 1. The molecule has 0 aromatic rings. The van der Waals surface area contributed by atoms with Crippen LogP contribution in [-0.2, 0) is 33.3 Å². The van der Waals surface area contributed by atoms with Crippen LogP contribution in [0.3, 0.4) is 0 Å². The van der Waals surface area contributed by atoms with Crippen molar-refractivity contribution in [1.29, 1.82) is 0 Å². The molecule has 5 rings (SSSR count). The van der Waals surface area contributed by atoms with Gasteiger partial charge in [0.15, 0.2) is 12.1 Å². The van der Waals surface area contributed by atoms with E-state index in [1.807, 2.05) is 6.08 Å². The molecule has 0 aromatic heterocycles. The number of carbonyl (C=O) groups is 2. The lowest BCUT2D eigenvalue weighted by Crippen LogP contribution is -2.66. The van der Waals surface area contributed by atoms with Crippen molar-refractivity contribution in [3.05, 3.63) is 11.6 Å². The summed E-state index contributed by atoms with van der Waals surface area (Å²) in [5.41, 5.74) is 0.711. The summed E-state index contributed by atoms with van der Waals surface area (Å²) in [7, 11) is 2.88. The zero-order valence-electron chi connectivity index (χ0n) is 14.9. The number of rotatable bonds is 3. The van der Waals surface area contributed by atoms with Crippen molar-refractivity contribution in [3.63, 3.8) is 0 Å². The first-order valence-electron chi connectivity index (χ1n) is 8.62. The molecule has 2 saturated heterocycles.